The monoisotopic (exact) mass is 308 g/mol. The lowest BCUT2D eigenvalue weighted by Gasteiger charge is -2.10. The predicted molar refractivity (Wildman–Crippen MR) is 83.5 cm³/mol. The minimum Gasteiger partial charge on any atom is -0.505 e. The first-order valence-electron chi connectivity index (χ1n) is 6.69. The summed E-state index contributed by atoms with van der Waals surface area (Å²) < 4.78 is 13.2. The molecule has 1 amide bonds. The van der Waals surface area contributed by atoms with E-state index in [9.17, 15) is 9.18 Å². The average molecular weight is 308 g/mol. The van der Waals surface area contributed by atoms with Crippen LogP contribution in [-0.4, -0.2) is 31.2 Å². The van der Waals surface area contributed by atoms with Crippen molar-refractivity contribution in [1.29, 1.82) is 0 Å². The molecule has 0 saturated heterocycles. The number of aromatic hydroxyl groups is 1. The number of hydrogen-bond donors (Lipinski definition) is 5. The first-order valence-corrected chi connectivity index (χ1v) is 6.69. The standard InChI is InChI=1S/C15H21FN4O2/c1-9(5-6-19-2)14(18)12(17)8-20-15(22)10-3-4-13(21)11(16)7-10/h3-5,7,19,21H,6,8,17-18H2,1-2H3,(H,20,22)/b9-5-,14-12-. The Morgan fingerprint density at radius 2 is 2.09 bits per heavy atom. The van der Waals surface area contributed by atoms with Gasteiger partial charge in [0, 0.05) is 12.1 Å². The molecular formula is C15H21FN4O2. The van der Waals surface area contributed by atoms with Gasteiger partial charge < -0.3 is 27.2 Å². The fourth-order valence-corrected chi connectivity index (χ4v) is 1.64. The van der Waals surface area contributed by atoms with Gasteiger partial charge in [0.05, 0.1) is 17.9 Å². The molecule has 0 bridgehead atoms. The van der Waals surface area contributed by atoms with E-state index in [1.54, 1.807) is 0 Å². The van der Waals surface area contributed by atoms with Crippen LogP contribution in [0.25, 0.3) is 0 Å². The summed E-state index contributed by atoms with van der Waals surface area (Å²) in [6, 6.07) is 3.38. The maximum Gasteiger partial charge on any atom is 0.251 e. The normalized spacial score (nSPS) is 12.8. The van der Waals surface area contributed by atoms with E-state index in [2.05, 4.69) is 10.6 Å². The molecule has 0 aromatic heterocycles. The van der Waals surface area contributed by atoms with Crippen molar-refractivity contribution in [3.63, 3.8) is 0 Å². The maximum atomic E-state index is 13.2. The third-order valence-corrected chi connectivity index (χ3v) is 3.03. The van der Waals surface area contributed by atoms with Crippen LogP contribution in [0.15, 0.2) is 41.2 Å². The minimum atomic E-state index is -0.860. The highest BCUT2D eigenvalue weighted by atomic mass is 19.1. The Hall–Kier alpha value is -2.54. The molecule has 0 fully saturated rings. The summed E-state index contributed by atoms with van der Waals surface area (Å²) in [6.07, 6.45) is 1.87. The van der Waals surface area contributed by atoms with E-state index in [0.717, 1.165) is 17.7 Å². The number of benzene rings is 1. The third kappa shape index (κ3) is 4.78. The van der Waals surface area contributed by atoms with Gasteiger partial charge in [-0.15, -0.1) is 0 Å². The van der Waals surface area contributed by atoms with Crippen LogP contribution < -0.4 is 22.1 Å². The highest BCUT2D eigenvalue weighted by Gasteiger charge is 2.10. The lowest BCUT2D eigenvalue weighted by molar-refractivity contribution is 0.0956. The molecule has 1 aromatic rings. The number of carbonyl (C=O) groups is 1. The van der Waals surface area contributed by atoms with Gasteiger partial charge in [-0.1, -0.05) is 6.08 Å². The molecule has 0 aliphatic rings. The second-order valence-corrected chi connectivity index (χ2v) is 4.73. The predicted octanol–water partition coefficient (Wildman–Crippen LogP) is 0.556. The number of amides is 1. The van der Waals surface area contributed by atoms with Gasteiger partial charge in [-0.25, -0.2) is 4.39 Å². The summed E-state index contributed by atoms with van der Waals surface area (Å²) in [5.41, 5.74) is 13.3. The Morgan fingerprint density at radius 3 is 2.68 bits per heavy atom. The molecule has 0 aliphatic heterocycles. The van der Waals surface area contributed by atoms with E-state index in [1.165, 1.54) is 6.07 Å². The van der Waals surface area contributed by atoms with Crippen molar-refractivity contribution in [2.75, 3.05) is 20.1 Å². The highest BCUT2D eigenvalue weighted by molar-refractivity contribution is 5.94. The van der Waals surface area contributed by atoms with Gasteiger partial charge in [0.25, 0.3) is 5.91 Å². The number of phenols is 1. The molecule has 0 heterocycles. The van der Waals surface area contributed by atoms with Gasteiger partial charge in [0.1, 0.15) is 0 Å². The molecule has 1 rings (SSSR count). The number of nitrogens with two attached hydrogens (primary N) is 2. The first-order chi connectivity index (χ1) is 10.4. The molecule has 0 radical (unpaired) electrons. The molecule has 22 heavy (non-hydrogen) atoms. The van der Waals surface area contributed by atoms with Gasteiger partial charge in [-0.05, 0) is 37.7 Å². The molecule has 7 N–H and O–H groups in total. The van der Waals surface area contributed by atoms with E-state index in [-0.39, 0.29) is 12.1 Å². The SMILES string of the molecule is CNC/C=C(C)\C(N)=C(\N)CNC(=O)c1ccc(O)c(F)c1. The van der Waals surface area contributed by atoms with E-state index < -0.39 is 17.5 Å². The van der Waals surface area contributed by atoms with E-state index in [1.807, 2.05) is 20.0 Å². The summed E-state index contributed by atoms with van der Waals surface area (Å²) >= 11 is 0. The molecule has 0 spiro atoms. The summed E-state index contributed by atoms with van der Waals surface area (Å²) in [4.78, 5) is 11.9. The van der Waals surface area contributed by atoms with Crippen LogP contribution in [0, 0.1) is 5.82 Å². The molecular weight excluding hydrogens is 287 g/mol. The van der Waals surface area contributed by atoms with E-state index >= 15 is 0 Å². The second-order valence-electron chi connectivity index (χ2n) is 4.73. The topological polar surface area (TPSA) is 113 Å². The van der Waals surface area contributed by atoms with Gasteiger partial charge in [0.15, 0.2) is 11.6 Å². The lowest BCUT2D eigenvalue weighted by atomic mass is 10.1. The molecule has 7 heteroatoms. The minimum absolute atomic E-state index is 0.0396. The van der Waals surface area contributed by atoms with Crippen LogP contribution in [0.5, 0.6) is 5.75 Å². The van der Waals surface area contributed by atoms with Crippen molar-refractivity contribution >= 4 is 5.91 Å². The van der Waals surface area contributed by atoms with E-state index in [4.69, 9.17) is 16.6 Å². The van der Waals surface area contributed by atoms with Crippen LogP contribution in [0.1, 0.15) is 17.3 Å². The summed E-state index contributed by atoms with van der Waals surface area (Å²) in [5.74, 6) is -1.88. The molecule has 0 atom stereocenters. The highest BCUT2D eigenvalue weighted by Crippen LogP contribution is 2.16. The maximum absolute atomic E-state index is 13.2. The quantitative estimate of drug-likeness (QED) is 0.493. The molecule has 0 unspecified atom stereocenters. The molecule has 120 valence electrons. The smallest absolute Gasteiger partial charge is 0.251 e. The van der Waals surface area contributed by atoms with Crippen molar-refractivity contribution in [2.45, 2.75) is 6.92 Å². The number of nitrogens with one attached hydrogen (secondary N) is 2. The van der Waals surface area contributed by atoms with Gasteiger partial charge in [-0.3, -0.25) is 4.79 Å². The fraction of sp³-hybridized carbons (Fsp3) is 0.267. The Balaban J connectivity index is 2.71. The average Bonchev–Trinajstić information content (AvgIpc) is 2.51. The van der Waals surface area contributed by atoms with Crippen LogP contribution in [0.2, 0.25) is 0 Å². The molecule has 6 nitrogen and oxygen atoms in total. The second kappa shape index (κ2) is 8.04. The number of hydrogen-bond acceptors (Lipinski definition) is 5. The third-order valence-electron chi connectivity index (χ3n) is 3.03. The van der Waals surface area contributed by atoms with Crippen molar-refractivity contribution in [2.24, 2.45) is 11.5 Å². The molecule has 0 aliphatic carbocycles. The molecule has 1 aromatic carbocycles. The Morgan fingerprint density at radius 1 is 1.41 bits per heavy atom. The Bertz CT molecular complexity index is 612. The summed E-state index contributed by atoms with van der Waals surface area (Å²) in [5, 5.41) is 14.6. The van der Waals surface area contributed by atoms with Gasteiger partial charge >= 0.3 is 0 Å². The van der Waals surface area contributed by atoms with Crippen molar-refractivity contribution in [3.8, 4) is 5.75 Å². The largest absolute Gasteiger partial charge is 0.505 e. The number of phenolic OH excluding ortho intramolecular Hbond substituents is 1. The number of carbonyl (C=O) groups excluding carboxylic acids is 1. The zero-order valence-corrected chi connectivity index (χ0v) is 12.6. The summed E-state index contributed by atoms with van der Waals surface area (Å²) in [6.45, 7) is 2.51. The lowest BCUT2D eigenvalue weighted by Crippen LogP contribution is -2.30. The van der Waals surface area contributed by atoms with Gasteiger partial charge in [-0.2, -0.15) is 0 Å². The number of rotatable bonds is 6. The van der Waals surface area contributed by atoms with Crippen molar-refractivity contribution in [1.82, 2.24) is 10.6 Å². The van der Waals surface area contributed by atoms with E-state index in [0.29, 0.717) is 17.9 Å². The molecule has 0 saturated carbocycles. The van der Waals surface area contributed by atoms with Crippen LogP contribution in [-0.2, 0) is 0 Å². The Kier molecular flexibility index (Phi) is 6.40. The van der Waals surface area contributed by atoms with Crippen molar-refractivity contribution in [3.05, 3.63) is 52.6 Å². The fourth-order valence-electron chi connectivity index (χ4n) is 1.64. The number of allylic oxidation sites excluding steroid dienone is 1. The Labute approximate surface area is 128 Å². The first kappa shape index (κ1) is 17.5. The van der Waals surface area contributed by atoms with Crippen LogP contribution in [0.3, 0.4) is 0 Å². The summed E-state index contributed by atoms with van der Waals surface area (Å²) in [7, 11) is 1.81. The van der Waals surface area contributed by atoms with Crippen molar-refractivity contribution < 1.29 is 14.3 Å². The number of halogens is 1. The zero-order valence-electron chi connectivity index (χ0n) is 12.6. The van der Waals surface area contributed by atoms with Crippen LogP contribution in [0.4, 0.5) is 4.39 Å². The zero-order chi connectivity index (χ0) is 16.7. The van der Waals surface area contributed by atoms with Gasteiger partial charge in [0.2, 0.25) is 0 Å². The number of likely N-dealkylation sites (N-methyl/N-ethyl adjacent to an activating group) is 1. The van der Waals surface area contributed by atoms with Crippen LogP contribution >= 0.6 is 0 Å².